The van der Waals surface area contributed by atoms with Crippen LogP contribution in [0.4, 0.5) is 5.95 Å². The van der Waals surface area contributed by atoms with Gasteiger partial charge in [-0.05, 0) is 93.5 Å². The van der Waals surface area contributed by atoms with Crippen molar-refractivity contribution in [2.75, 3.05) is 18.0 Å². The lowest BCUT2D eigenvalue weighted by Gasteiger charge is -2.26. The van der Waals surface area contributed by atoms with E-state index in [1.54, 1.807) is 0 Å². The minimum atomic E-state index is 0.692. The third kappa shape index (κ3) is 4.95. The molecule has 1 aliphatic rings. The maximum Gasteiger partial charge on any atom is 0.227 e. The number of benzene rings is 4. The summed E-state index contributed by atoms with van der Waals surface area (Å²) in [6.07, 6.45) is 3.55. The van der Waals surface area contributed by atoms with E-state index < -0.39 is 0 Å². The predicted molar refractivity (Wildman–Crippen MR) is 190 cm³/mol. The van der Waals surface area contributed by atoms with Crippen LogP contribution in [0.3, 0.4) is 0 Å². The molecule has 0 amide bonds. The molecule has 4 heterocycles. The molecule has 0 bridgehead atoms. The first kappa shape index (κ1) is 28.0. The molecule has 0 atom stereocenters. The third-order valence-corrected chi connectivity index (χ3v) is 9.20. The van der Waals surface area contributed by atoms with Crippen molar-refractivity contribution in [2.24, 2.45) is 0 Å². The Balaban J connectivity index is 1.18. The van der Waals surface area contributed by atoms with Crippen molar-refractivity contribution in [3.8, 4) is 23.7 Å². The molecule has 0 saturated carbocycles. The van der Waals surface area contributed by atoms with Gasteiger partial charge in [-0.3, -0.25) is 0 Å². The van der Waals surface area contributed by atoms with E-state index >= 15 is 0 Å². The van der Waals surface area contributed by atoms with Gasteiger partial charge >= 0.3 is 0 Å². The maximum atomic E-state index is 4.91. The monoisotopic (exact) mass is 597 g/mol. The number of rotatable bonds is 3. The zero-order valence-electron chi connectivity index (χ0n) is 26.3. The number of nitrogens with zero attached hydrogens (tertiary/aromatic N) is 5. The Bertz CT molecular complexity index is 2240. The summed E-state index contributed by atoms with van der Waals surface area (Å²) in [5.74, 6) is 14.2. The van der Waals surface area contributed by atoms with Crippen LogP contribution in [-0.2, 0) is 13.1 Å². The summed E-state index contributed by atoms with van der Waals surface area (Å²) in [4.78, 5) is 12.1. The van der Waals surface area contributed by atoms with Gasteiger partial charge in [-0.15, -0.1) is 0 Å². The highest BCUT2D eigenvalue weighted by molar-refractivity contribution is 6.09. The number of aryl methyl sites for hydroxylation is 2. The SMILES string of the molecule is CCn1c2ccccc2c2cc(C#Cc3cc(C#Cc4ccc5c(c4)c4ccccc4n5CC)nc(N4CCCCC4)n3)ccc21. The normalized spacial score (nSPS) is 13.2. The van der Waals surface area contributed by atoms with Crippen molar-refractivity contribution in [1.82, 2.24) is 19.1 Å². The topological polar surface area (TPSA) is 38.9 Å². The van der Waals surface area contributed by atoms with E-state index in [1.807, 2.05) is 6.07 Å². The first-order valence-corrected chi connectivity index (χ1v) is 16.4. The average molecular weight is 598 g/mol. The van der Waals surface area contributed by atoms with Gasteiger partial charge in [0.15, 0.2) is 0 Å². The van der Waals surface area contributed by atoms with Crippen LogP contribution in [0.5, 0.6) is 0 Å². The number of piperidine rings is 1. The summed E-state index contributed by atoms with van der Waals surface area (Å²) >= 11 is 0. The highest BCUT2D eigenvalue weighted by atomic mass is 15.3. The van der Waals surface area contributed by atoms with E-state index in [9.17, 15) is 0 Å². The van der Waals surface area contributed by atoms with Gasteiger partial charge in [0.25, 0.3) is 0 Å². The Labute approximate surface area is 269 Å². The van der Waals surface area contributed by atoms with E-state index in [4.69, 9.17) is 9.97 Å². The number of anilines is 1. The molecule has 7 aromatic rings. The summed E-state index contributed by atoms with van der Waals surface area (Å²) in [5.41, 5.74) is 8.30. The van der Waals surface area contributed by atoms with Crippen molar-refractivity contribution in [3.05, 3.63) is 114 Å². The molecular formula is C41H35N5. The molecule has 0 spiro atoms. The van der Waals surface area contributed by atoms with Gasteiger partial charge in [0, 0.05) is 87.0 Å². The number of aromatic nitrogens is 4. The van der Waals surface area contributed by atoms with Crippen molar-refractivity contribution in [1.29, 1.82) is 0 Å². The summed E-state index contributed by atoms with van der Waals surface area (Å²) in [5, 5.41) is 4.97. The lowest BCUT2D eigenvalue weighted by atomic mass is 10.1. The quantitative estimate of drug-likeness (QED) is 0.192. The Hall–Kier alpha value is -5.52. The molecular weight excluding hydrogens is 562 g/mol. The van der Waals surface area contributed by atoms with Crippen molar-refractivity contribution in [3.63, 3.8) is 0 Å². The van der Waals surface area contributed by atoms with E-state index in [1.165, 1.54) is 50.0 Å². The van der Waals surface area contributed by atoms with E-state index in [0.29, 0.717) is 11.4 Å². The van der Waals surface area contributed by atoms with Crippen molar-refractivity contribution in [2.45, 2.75) is 46.2 Å². The molecule has 1 saturated heterocycles. The Kier molecular flexibility index (Phi) is 7.16. The smallest absolute Gasteiger partial charge is 0.227 e. The fourth-order valence-electron chi connectivity index (χ4n) is 7.01. The van der Waals surface area contributed by atoms with Gasteiger partial charge in [-0.1, -0.05) is 48.2 Å². The summed E-state index contributed by atoms with van der Waals surface area (Å²) in [7, 11) is 0. The van der Waals surface area contributed by atoms with Crippen LogP contribution < -0.4 is 4.90 Å². The van der Waals surface area contributed by atoms with E-state index in [-0.39, 0.29) is 0 Å². The average Bonchev–Trinajstić information content (AvgIpc) is 3.61. The molecule has 0 unspecified atom stereocenters. The highest BCUT2D eigenvalue weighted by Gasteiger charge is 2.15. The zero-order chi connectivity index (χ0) is 31.0. The van der Waals surface area contributed by atoms with Gasteiger partial charge in [0.1, 0.15) is 11.4 Å². The Morgan fingerprint density at radius 1 is 0.522 bits per heavy atom. The summed E-state index contributed by atoms with van der Waals surface area (Å²) in [6, 6.07) is 32.1. The van der Waals surface area contributed by atoms with Gasteiger partial charge < -0.3 is 14.0 Å². The molecule has 1 fully saturated rings. The van der Waals surface area contributed by atoms with Crippen molar-refractivity contribution < 1.29 is 0 Å². The van der Waals surface area contributed by atoms with Gasteiger partial charge in [-0.25, -0.2) is 9.97 Å². The Morgan fingerprint density at radius 2 is 1.00 bits per heavy atom. The fourth-order valence-corrected chi connectivity index (χ4v) is 7.01. The lowest BCUT2D eigenvalue weighted by molar-refractivity contribution is 0.568. The van der Waals surface area contributed by atoms with Gasteiger partial charge in [0.05, 0.1) is 0 Å². The first-order chi connectivity index (χ1) is 22.7. The molecule has 1 aliphatic heterocycles. The van der Waals surface area contributed by atoms with Crippen LogP contribution in [0.1, 0.15) is 55.6 Å². The Morgan fingerprint density at radius 3 is 1.50 bits per heavy atom. The molecule has 0 N–H and O–H groups in total. The van der Waals surface area contributed by atoms with Crippen LogP contribution in [-0.4, -0.2) is 32.2 Å². The molecule has 3 aromatic heterocycles. The van der Waals surface area contributed by atoms with Crippen LogP contribution in [0, 0.1) is 23.7 Å². The zero-order valence-corrected chi connectivity index (χ0v) is 26.3. The number of hydrogen-bond acceptors (Lipinski definition) is 3. The lowest BCUT2D eigenvalue weighted by Crippen LogP contribution is -2.31. The fraction of sp³-hybridized carbons (Fsp3) is 0.220. The molecule has 0 aliphatic carbocycles. The largest absolute Gasteiger partial charge is 0.341 e. The van der Waals surface area contributed by atoms with Crippen LogP contribution in [0.25, 0.3) is 43.6 Å². The molecule has 8 rings (SSSR count). The first-order valence-electron chi connectivity index (χ1n) is 16.4. The van der Waals surface area contributed by atoms with Crippen LogP contribution in [0.2, 0.25) is 0 Å². The van der Waals surface area contributed by atoms with Gasteiger partial charge in [-0.2, -0.15) is 0 Å². The number of hydrogen-bond donors (Lipinski definition) is 0. The molecule has 5 nitrogen and oxygen atoms in total. The van der Waals surface area contributed by atoms with E-state index in [2.05, 4.69) is 136 Å². The predicted octanol–water partition coefficient (Wildman–Crippen LogP) is 8.52. The van der Waals surface area contributed by atoms with Gasteiger partial charge in [0.2, 0.25) is 5.95 Å². The second kappa shape index (κ2) is 11.8. The molecule has 5 heteroatoms. The number of fused-ring (bicyclic) bond motifs is 6. The summed E-state index contributed by atoms with van der Waals surface area (Å²) in [6.45, 7) is 8.15. The standard InChI is InChI=1S/C41H35N5/c1-3-45-37-14-8-6-12-33(37)35-26-29(18-22-39(35)45)16-20-31-28-32(43-41(42-31)44-24-10-5-11-25-44)21-17-30-19-23-40-36(27-30)34-13-7-9-15-38(34)46(40)4-2/h6-9,12-15,18-19,22-23,26-28H,3-5,10-11,24-25H2,1-2H3. The highest BCUT2D eigenvalue weighted by Crippen LogP contribution is 2.31. The minimum absolute atomic E-state index is 0.692. The molecule has 224 valence electrons. The van der Waals surface area contributed by atoms with Crippen LogP contribution in [0.15, 0.2) is 91.0 Å². The molecule has 4 aromatic carbocycles. The number of para-hydroxylation sites is 2. The summed E-state index contributed by atoms with van der Waals surface area (Å²) < 4.78 is 4.73. The second-order valence-electron chi connectivity index (χ2n) is 12.0. The third-order valence-electron chi connectivity index (χ3n) is 9.20. The minimum Gasteiger partial charge on any atom is -0.341 e. The van der Waals surface area contributed by atoms with Crippen LogP contribution >= 0.6 is 0 Å². The molecule has 46 heavy (non-hydrogen) atoms. The maximum absolute atomic E-state index is 4.91. The second-order valence-corrected chi connectivity index (χ2v) is 12.0. The van der Waals surface area contributed by atoms with Crippen molar-refractivity contribution >= 4 is 49.6 Å². The molecule has 0 radical (unpaired) electrons. The van der Waals surface area contributed by atoms with E-state index in [0.717, 1.165) is 56.1 Å².